The molecule has 0 saturated carbocycles. The van der Waals surface area contributed by atoms with Crippen molar-refractivity contribution < 1.29 is 14.2 Å². The number of ether oxygens (including phenoxy) is 1. The van der Waals surface area contributed by atoms with Crippen molar-refractivity contribution in [2.45, 2.75) is 12.5 Å². The average molecular weight is 253 g/mol. The fourth-order valence-electron chi connectivity index (χ4n) is 1.53. The highest BCUT2D eigenvalue weighted by Crippen LogP contribution is 2.25. The zero-order valence-electron chi connectivity index (χ0n) is 9.26. The third kappa shape index (κ3) is 2.81. The molecule has 1 unspecified atom stereocenters. The Morgan fingerprint density at radius 3 is 2.94 bits per heavy atom. The highest BCUT2D eigenvalue weighted by Gasteiger charge is 2.15. The van der Waals surface area contributed by atoms with Crippen LogP contribution in [0.25, 0.3) is 0 Å². The van der Waals surface area contributed by atoms with Gasteiger partial charge in [-0.2, -0.15) is 0 Å². The summed E-state index contributed by atoms with van der Waals surface area (Å²) < 4.78 is 18.6. The molecule has 0 aliphatic heterocycles. The van der Waals surface area contributed by atoms with E-state index in [0.29, 0.717) is 12.2 Å². The van der Waals surface area contributed by atoms with Crippen molar-refractivity contribution in [3.05, 3.63) is 46.2 Å². The zero-order chi connectivity index (χ0) is 12.3. The van der Waals surface area contributed by atoms with Gasteiger partial charge in [0.1, 0.15) is 11.6 Å². The Balaban J connectivity index is 2.16. The lowest BCUT2D eigenvalue weighted by molar-refractivity contribution is 0.173. The molecule has 17 heavy (non-hydrogen) atoms. The number of aromatic nitrogens is 1. The van der Waals surface area contributed by atoms with Gasteiger partial charge in [-0.15, -0.1) is 11.3 Å². The lowest BCUT2D eigenvalue weighted by Gasteiger charge is -2.11. The zero-order valence-corrected chi connectivity index (χ0v) is 10.1. The quantitative estimate of drug-likeness (QED) is 0.910. The first kappa shape index (κ1) is 12.0. The third-order valence-electron chi connectivity index (χ3n) is 2.42. The molecule has 1 heterocycles. The summed E-state index contributed by atoms with van der Waals surface area (Å²) in [5.74, 6) is -0.0268. The largest absolute Gasteiger partial charge is 0.497 e. The molecule has 90 valence electrons. The van der Waals surface area contributed by atoms with Crippen LogP contribution in [0.15, 0.2) is 29.8 Å². The molecule has 0 spiro atoms. The van der Waals surface area contributed by atoms with Gasteiger partial charge < -0.3 is 9.84 Å². The van der Waals surface area contributed by atoms with Gasteiger partial charge in [-0.05, 0) is 12.1 Å². The smallest absolute Gasteiger partial charge is 0.132 e. The van der Waals surface area contributed by atoms with Crippen molar-refractivity contribution in [1.82, 2.24) is 4.98 Å². The predicted octanol–water partition coefficient (Wildman–Crippen LogP) is 2.57. The second-order valence-electron chi connectivity index (χ2n) is 3.53. The maximum atomic E-state index is 13.7. The minimum atomic E-state index is -0.882. The van der Waals surface area contributed by atoms with E-state index in [4.69, 9.17) is 4.74 Å². The molecular formula is C12H12FNO2S. The SMILES string of the molecule is COc1ccc(C(O)Cc2nccs2)c(F)c1. The number of hydrogen-bond donors (Lipinski definition) is 1. The Labute approximate surface area is 103 Å². The van der Waals surface area contributed by atoms with Gasteiger partial charge >= 0.3 is 0 Å². The number of methoxy groups -OCH3 is 1. The van der Waals surface area contributed by atoms with Crippen molar-refractivity contribution in [3.8, 4) is 5.75 Å². The van der Waals surface area contributed by atoms with E-state index >= 15 is 0 Å². The molecule has 2 rings (SSSR count). The molecule has 0 fully saturated rings. The van der Waals surface area contributed by atoms with Crippen molar-refractivity contribution in [3.63, 3.8) is 0 Å². The van der Waals surface area contributed by atoms with Crippen molar-refractivity contribution in [2.24, 2.45) is 0 Å². The molecule has 0 aliphatic rings. The number of halogens is 1. The van der Waals surface area contributed by atoms with Gasteiger partial charge in [-0.1, -0.05) is 0 Å². The molecule has 0 amide bonds. The number of nitrogens with zero attached hydrogens (tertiary/aromatic N) is 1. The van der Waals surface area contributed by atoms with Gasteiger partial charge in [0, 0.05) is 29.6 Å². The molecule has 0 saturated heterocycles. The van der Waals surface area contributed by atoms with Crippen LogP contribution in [0, 0.1) is 5.82 Å². The van der Waals surface area contributed by atoms with Crippen LogP contribution >= 0.6 is 11.3 Å². The van der Waals surface area contributed by atoms with Crippen molar-refractivity contribution >= 4 is 11.3 Å². The van der Waals surface area contributed by atoms with Crippen LogP contribution in [-0.4, -0.2) is 17.2 Å². The highest BCUT2D eigenvalue weighted by molar-refractivity contribution is 7.09. The molecule has 0 aliphatic carbocycles. The third-order valence-corrected chi connectivity index (χ3v) is 3.22. The summed E-state index contributed by atoms with van der Waals surface area (Å²) in [6, 6.07) is 4.43. The summed E-state index contributed by atoms with van der Waals surface area (Å²) in [7, 11) is 1.47. The lowest BCUT2D eigenvalue weighted by Crippen LogP contribution is -2.04. The summed E-state index contributed by atoms with van der Waals surface area (Å²) in [6.45, 7) is 0. The Kier molecular flexibility index (Phi) is 3.71. The minimum absolute atomic E-state index is 0.265. The summed E-state index contributed by atoms with van der Waals surface area (Å²) in [6.07, 6.45) is 1.10. The van der Waals surface area contributed by atoms with E-state index in [1.807, 2.05) is 5.38 Å². The number of benzene rings is 1. The molecule has 0 bridgehead atoms. The van der Waals surface area contributed by atoms with Crippen molar-refractivity contribution in [2.75, 3.05) is 7.11 Å². The minimum Gasteiger partial charge on any atom is -0.497 e. The van der Waals surface area contributed by atoms with E-state index in [1.165, 1.54) is 30.6 Å². The second kappa shape index (κ2) is 5.25. The van der Waals surface area contributed by atoms with Gasteiger partial charge in [0.2, 0.25) is 0 Å². The van der Waals surface area contributed by atoms with Crippen LogP contribution in [0.3, 0.4) is 0 Å². The molecule has 1 atom stereocenters. The maximum absolute atomic E-state index is 13.7. The Morgan fingerprint density at radius 1 is 1.53 bits per heavy atom. The lowest BCUT2D eigenvalue weighted by atomic mass is 10.1. The first-order valence-electron chi connectivity index (χ1n) is 5.10. The van der Waals surface area contributed by atoms with Crippen LogP contribution in [0.2, 0.25) is 0 Å². The second-order valence-corrected chi connectivity index (χ2v) is 4.51. The molecule has 1 aromatic heterocycles. The van der Waals surface area contributed by atoms with E-state index in [0.717, 1.165) is 5.01 Å². The Hall–Kier alpha value is -1.46. The predicted molar refractivity (Wildman–Crippen MR) is 63.7 cm³/mol. The number of aliphatic hydroxyl groups excluding tert-OH is 1. The van der Waals surface area contributed by atoms with E-state index < -0.39 is 11.9 Å². The Bertz CT molecular complexity index is 487. The number of hydrogen-bond acceptors (Lipinski definition) is 4. The van der Waals surface area contributed by atoms with Crippen LogP contribution < -0.4 is 4.74 Å². The molecule has 3 nitrogen and oxygen atoms in total. The van der Waals surface area contributed by atoms with Crippen LogP contribution in [0.1, 0.15) is 16.7 Å². The molecule has 1 aromatic carbocycles. The number of thiazole rings is 1. The fraction of sp³-hybridized carbons (Fsp3) is 0.250. The summed E-state index contributed by atoms with van der Waals surface area (Å²) >= 11 is 1.44. The van der Waals surface area contributed by atoms with Gasteiger partial charge in [0.25, 0.3) is 0 Å². The van der Waals surface area contributed by atoms with E-state index in [2.05, 4.69) is 4.98 Å². The molecular weight excluding hydrogens is 241 g/mol. The Morgan fingerprint density at radius 2 is 2.35 bits per heavy atom. The molecule has 0 radical (unpaired) electrons. The van der Waals surface area contributed by atoms with Gasteiger partial charge in [-0.25, -0.2) is 9.37 Å². The monoisotopic (exact) mass is 253 g/mol. The summed E-state index contributed by atoms with van der Waals surface area (Å²) in [5, 5.41) is 12.5. The van der Waals surface area contributed by atoms with E-state index in [9.17, 15) is 9.50 Å². The van der Waals surface area contributed by atoms with Crippen LogP contribution in [0.4, 0.5) is 4.39 Å². The highest BCUT2D eigenvalue weighted by atomic mass is 32.1. The summed E-state index contributed by atoms with van der Waals surface area (Å²) in [4.78, 5) is 4.06. The van der Waals surface area contributed by atoms with Crippen LogP contribution in [-0.2, 0) is 6.42 Å². The van der Waals surface area contributed by atoms with Gasteiger partial charge in [-0.3, -0.25) is 0 Å². The van der Waals surface area contributed by atoms with E-state index in [-0.39, 0.29) is 5.56 Å². The van der Waals surface area contributed by atoms with Crippen molar-refractivity contribution in [1.29, 1.82) is 0 Å². The first-order valence-corrected chi connectivity index (χ1v) is 5.98. The van der Waals surface area contributed by atoms with E-state index in [1.54, 1.807) is 12.3 Å². The summed E-state index contributed by atoms with van der Waals surface area (Å²) in [5.41, 5.74) is 0.265. The van der Waals surface area contributed by atoms with Gasteiger partial charge in [0.15, 0.2) is 0 Å². The van der Waals surface area contributed by atoms with Gasteiger partial charge in [0.05, 0.1) is 18.2 Å². The molecule has 5 heteroatoms. The maximum Gasteiger partial charge on any atom is 0.132 e. The molecule has 2 aromatic rings. The molecule has 1 N–H and O–H groups in total. The first-order chi connectivity index (χ1) is 8.20. The number of rotatable bonds is 4. The fourth-order valence-corrected chi connectivity index (χ4v) is 2.19. The topological polar surface area (TPSA) is 42.4 Å². The number of aliphatic hydroxyl groups is 1. The standard InChI is InChI=1S/C12H12FNO2S/c1-16-8-2-3-9(10(13)6-8)11(15)7-12-14-4-5-17-12/h2-6,11,15H,7H2,1H3. The average Bonchev–Trinajstić information content (AvgIpc) is 2.81. The van der Waals surface area contributed by atoms with Crippen LogP contribution in [0.5, 0.6) is 5.75 Å². The normalized spacial score (nSPS) is 12.4.